The number of benzene rings is 8. The van der Waals surface area contributed by atoms with Gasteiger partial charge in [-0.2, -0.15) is 0 Å². The van der Waals surface area contributed by atoms with E-state index in [-0.39, 0.29) is 0 Å². The summed E-state index contributed by atoms with van der Waals surface area (Å²) in [5, 5.41) is 9.96. The number of nitrogens with one attached hydrogen (secondary N) is 1. The summed E-state index contributed by atoms with van der Waals surface area (Å²) in [5.41, 5.74) is 12.0. The molecule has 0 fully saturated rings. The number of alkyl halides is 1. The molecule has 1 N–H and O–H groups in total. The molecule has 0 aliphatic carbocycles. The van der Waals surface area contributed by atoms with Gasteiger partial charge in [0.2, 0.25) is 0 Å². The smallest absolute Gasteiger partial charge is 0.159 e. The topological polar surface area (TPSA) is 76.2 Å². The SMILES string of the molecule is C/C=C\C=C/C(F)c1ccc(C2=NC(c3cccc4c3oc3ccccc34)NC(c3cccc(-c4ccc(-c5ccc6c(c5)oc5ccccc56)c5oc6ccccc6c45)c3)=N2)cc1. The maximum Gasteiger partial charge on any atom is 0.159 e. The van der Waals surface area contributed by atoms with Crippen LogP contribution in [0.1, 0.15) is 41.5 Å². The fourth-order valence-corrected chi connectivity index (χ4v) is 9.09. The van der Waals surface area contributed by atoms with Crippen LogP contribution in [0.5, 0.6) is 0 Å². The average molecular weight is 832 g/mol. The van der Waals surface area contributed by atoms with Crippen LogP contribution in [0.15, 0.2) is 217 Å². The second-order valence-electron chi connectivity index (χ2n) is 16.1. The third-order valence-electron chi connectivity index (χ3n) is 12.2. The lowest BCUT2D eigenvalue weighted by molar-refractivity contribution is 0.414. The number of furan rings is 3. The van der Waals surface area contributed by atoms with Gasteiger partial charge in [-0.05, 0) is 77.7 Å². The Hall–Kier alpha value is -8.29. The monoisotopic (exact) mass is 831 g/mol. The molecule has 1 aliphatic rings. The molecule has 4 heterocycles. The van der Waals surface area contributed by atoms with Crippen molar-refractivity contribution in [1.29, 1.82) is 0 Å². The largest absolute Gasteiger partial charge is 0.456 e. The number of nitrogens with zero attached hydrogens (tertiary/aromatic N) is 2. The number of rotatable bonds is 8. The molecule has 11 aromatic rings. The average Bonchev–Trinajstić information content (AvgIpc) is 4.05. The van der Waals surface area contributed by atoms with Crippen LogP contribution < -0.4 is 5.32 Å². The molecule has 0 saturated carbocycles. The van der Waals surface area contributed by atoms with E-state index in [1.807, 2.05) is 91.9 Å². The van der Waals surface area contributed by atoms with Crippen LogP contribution in [0.25, 0.3) is 88.1 Å². The minimum absolute atomic E-state index is 0.526. The van der Waals surface area contributed by atoms with E-state index in [0.29, 0.717) is 17.2 Å². The molecule has 0 spiro atoms. The quantitative estimate of drug-likeness (QED) is 0.155. The number of halogens is 1. The number of hydrogen-bond donors (Lipinski definition) is 1. The number of para-hydroxylation sites is 4. The molecule has 12 rings (SSSR count). The molecule has 3 aromatic heterocycles. The molecular formula is C57H38FN3O3. The highest BCUT2D eigenvalue weighted by Gasteiger charge is 2.26. The number of fused-ring (bicyclic) bond motifs is 9. The summed E-state index contributed by atoms with van der Waals surface area (Å²) in [4.78, 5) is 10.4. The fraction of sp³-hybridized carbons (Fsp3) is 0.0526. The van der Waals surface area contributed by atoms with Crippen LogP contribution in [-0.2, 0) is 0 Å². The van der Waals surface area contributed by atoms with Crippen LogP contribution in [-0.4, -0.2) is 11.7 Å². The summed E-state index contributed by atoms with van der Waals surface area (Å²) >= 11 is 0. The van der Waals surface area contributed by atoms with E-state index in [4.69, 9.17) is 23.2 Å². The molecule has 0 bridgehead atoms. The maximum atomic E-state index is 15.2. The molecular weight excluding hydrogens is 794 g/mol. The predicted molar refractivity (Wildman–Crippen MR) is 259 cm³/mol. The molecule has 0 amide bonds. The van der Waals surface area contributed by atoms with Gasteiger partial charge >= 0.3 is 0 Å². The van der Waals surface area contributed by atoms with Crippen LogP contribution in [0.2, 0.25) is 0 Å². The Balaban J connectivity index is 0.974. The fourth-order valence-electron chi connectivity index (χ4n) is 9.09. The Bertz CT molecular complexity index is 3750. The third kappa shape index (κ3) is 6.32. The van der Waals surface area contributed by atoms with Gasteiger partial charge < -0.3 is 18.6 Å². The first-order chi connectivity index (χ1) is 31.6. The van der Waals surface area contributed by atoms with E-state index >= 15 is 4.39 Å². The van der Waals surface area contributed by atoms with Crippen LogP contribution in [0, 0.1) is 0 Å². The Morgan fingerprint density at radius 1 is 0.531 bits per heavy atom. The predicted octanol–water partition coefficient (Wildman–Crippen LogP) is 15.4. The van der Waals surface area contributed by atoms with Gasteiger partial charge in [0, 0.05) is 54.6 Å². The lowest BCUT2D eigenvalue weighted by atomic mass is 9.93. The van der Waals surface area contributed by atoms with Crippen molar-refractivity contribution in [2.75, 3.05) is 0 Å². The second-order valence-corrected chi connectivity index (χ2v) is 16.1. The normalized spacial score (nSPS) is 15.0. The lowest BCUT2D eigenvalue weighted by Crippen LogP contribution is -2.33. The van der Waals surface area contributed by atoms with Gasteiger partial charge in [-0.25, -0.2) is 14.4 Å². The van der Waals surface area contributed by atoms with Crippen molar-refractivity contribution in [2.45, 2.75) is 19.3 Å². The Morgan fingerprint density at radius 3 is 1.97 bits per heavy atom. The first-order valence-corrected chi connectivity index (χ1v) is 21.4. The van der Waals surface area contributed by atoms with Gasteiger partial charge in [-0.1, -0.05) is 146 Å². The van der Waals surface area contributed by atoms with Crippen molar-refractivity contribution in [3.05, 3.63) is 216 Å². The van der Waals surface area contributed by atoms with Crippen molar-refractivity contribution in [3.63, 3.8) is 0 Å². The molecule has 1 aliphatic heterocycles. The van der Waals surface area contributed by atoms with E-state index < -0.39 is 12.3 Å². The van der Waals surface area contributed by atoms with Crippen molar-refractivity contribution in [2.24, 2.45) is 9.98 Å². The van der Waals surface area contributed by atoms with Gasteiger partial charge in [0.1, 0.15) is 45.5 Å². The Labute approximate surface area is 367 Å². The zero-order valence-corrected chi connectivity index (χ0v) is 34.6. The standard InChI is InChI=1S/C57H38FN3O3/c1-2-3-4-20-47(58)34-24-26-35(27-25-34)55-59-56(61-57(60-55)46-19-12-18-44-42-16-6-9-22-49(42)63-53(44)46)38-14-11-13-36(32-38)39-30-31-40(54-52(39)45-17-7-10-23-50(45)64-54)37-28-29-43-41-15-5-8-21-48(41)62-51(43)33-37/h2-33,47,57H,1H3,(H,59,60,61)/b3-2-,20-4-. The number of amidine groups is 2. The summed E-state index contributed by atoms with van der Waals surface area (Å²) in [7, 11) is 0. The minimum Gasteiger partial charge on any atom is -0.456 e. The highest BCUT2D eigenvalue weighted by Crippen LogP contribution is 2.43. The van der Waals surface area contributed by atoms with E-state index in [1.165, 1.54) is 0 Å². The van der Waals surface area contributed by atoms with Crippen LogP contribution in [0.4, 0.5) is 4.39 Å². The van der Waals surface area contributed by atoms with E-state index in [9.17, 15) is 0 Å². The molecule has 0 saturated heterocycles. The Morgan fingerprint density at radius 2 is 1.16 bits per heavy atom. The molecule has 306 valence electrons. The lowest BCUT2D eigenvalue weighted by Gasteiger charge is -2.24. The molecule has 2 unspecified atom stereocenters. The van der Waals surface area contributed by atoms with E-state index in [2.05, 4.69) is 90.2 Å². The van der Waals surface area contributed by atoms with E-state index in [0.717, 1.165) is 105 Å². The van der Waals surface area contributed by atoms with Crippen molar-refractivity contribution < 1.29 is 17.6 Å². The Kier molecular flexibility index (Phi) is 8.93. The summed E-state index contributed by atoms with van der Waals surface area (Å²) in [6.07, 6.45) is 5.17. The van der Waals surface area contributed by atoms with Gasteiger partial charge in [0.15, 0.2) is 12.0 Å². The van der Waals surface area contributed by atoms with Crippen molar-refractivity contribution in [1.82, 2.24) is 5.32 Å². The minimum atomic E-state index is -1.24. The summed E-state index contributed by atoms with van der Waals surface area (Å²) in [5.74, 6) is 1.17. The molecule has 64 heavy (non-hydrogen) atoms. The van der Waals surface area contributed by atoms with E-state index in [1.54, 1.807) is 24.3 Å². The number of allylic oxidation sites excluding steroid dienone is 4. The zero-order chi connectivity index (χ0) is 42.7. The van der Waals surface area contributed by atoms with Gasteiger partial charge in [-0.15, -0.1) is 0 Å². The third-order valence-corrected chi connectivity index (χ3v) is 12.2. The highest BCUT2D eigenvalue weighted by atomic mass is 19.1. The summed E-state index contributed by atoms with van der Waals surface area (Å²) in [6, 6.07) is 57.1. The molecule has 7 heteroatoms. The van der Waals surface area contributed by atoms with Crippen molar-refractivity contribution in [3.8, 4) is 22.3 Å². The van der Waals surface area contributed by atoms with Gasteiger partial charge in [0.05, 0.1) is 0 Å². The van der Waals surface area contributed by atoms with Crippen LogP contribution >= 0.6 is 0 Å². The molecule has 2 atom stereocenters. The van der Waals surface area contributed by atoms with Crippen molar-refractivity contribution >= 4 is 77.5 Å². The van der Waals surface area contributed by atoms with Gasteiger partial charge in [0.25, 0.3) is 0 Å². The highest BCUT2D eigenvalue weighted by molar-refractivity contribution is 6.18. The molecule has 8 aromatic carbocycles. The second kappa shape index (κ2) is 15.3. The summed E-state index contributed by atoms with van der Waals surface area (Å²) < 4.78 is 34.7. The first-order valence-electron chi connectivity index (χ1n) is 21.4. The zero-order valence-electron chi connectivity index (χ0n) is 34.6. The molecule has 0 radical (unpaired) electrons. The number of aliphatic imine (C=N–C) groups is 2. The number of hydrogen-bond acceptors (Lipinski definition) is 6. The van der Waals surface area contributed by atoms with Gasteiger partial charge in [-0.3, -0.25) is 0 Å². The van der Waals surface area contributed by atoms with Crippen LogP contribution in [0.3, 0.4) is 0 Å². The summed E-state index contributed by atoms with van der Waals surface area (Å²) in [6.45, 7) is 1.90. The first kappa shape index (κ1) is 37.5. The molecule has 6 nitrogen and oxygen atoms in total. The maximum absolute atomic E-state index is 15.2.